The minimum Gasteiger partial charge on any atom is -0.348 e. The Kier molecular flexibility index (Phi) is 4.35. The highest BCUT2D eigenvalue weighted by atomic mass is 16.1. The van der Waals surface area contributed by atoms with Crippen LogP contribution in [0.5, 0.6) is 0 Å². The van der Waals surface area contributed by atoms with Gasteiger partial charge in [0.05, 0.1) is 17.1 Å². The van der Waals surface area contributed by atoms with Gasteiger partial charge in [-0.25, -0.2) is 9.67 Å². The Labute approximate surface area is 136 Å². The quantitative estimate of drug-likeness (QED) is 0.909. The first-order valence-corrected chi connectivity index (χ1v) is 8.34. The largest absolute Gasteiger partial charge is 0.348 e. The molecular formula is C17H25N5O. The molecule has 2 aromatic heterocycles. The molecular weight excluding hydrogens is 290 g/mol. The lowest BCUT2D eigenvalue weighted by Gasteiger charge is -2.30. The third kappa shape index (κ3) is 3.08. The Morgan fingerprint density at radius 2 is 2.26 bits per heavy atom. The van der Waals surface area contributed by atoms with Gasteiger partial charge in [-0.1, -0.05) is 6.92 Å². The number of carbonyl (C=O) groups excluding carboxylic acids is 1. The fraction of sp³-hybridized carbons (Fsp3) is 0.588. The van der Waals surface area contributed by atoms with Crippen LogP contribution >= 0.6 is 0 Å². The van der Waals surface area contributed by atoms with Crippen molar-refractivity contribution in [3.05, 3.63) is 23.5 Å². The minimum atomic E-state index is -0.0376. The molecule has 0 saturated carbocycles. The van der Waals surface area contributed by atoms with Crippen molar-refractivity contribution in [3.63, 3.8) is 0 Å². The molecule has 0 radical (unpaired) electrons. The fourth-order valence-corrected chi connectivity index (χ4v) is 3.14. The second kappa shape index (κ2) is 6.28. The molecule has 0 aliphatic carbocycles. The molecule has 0 spiro atoms. The molecule has 0 bridgehead atoms. The van der Waals surface area contributed by atoms with Crippen LogP contribution in [-0.4, -0.2) is 39.8 Å². The Hall–Kier alpha value is -1.95. The number of piperidine rings is 1. The highest BCUT2D eigenvalue weighted by Crippen LogP contribution is 2.21. The molecule has 1 amide bonds. The highest BCUT2D eigenvalue weighted by molar-refractivity contribution is 6.05. The van der Waals surface area contributed by atoms with Gasteiger partial charge in [0, 0.05) is 24.3 Å². The summed E-state index contributed by atoms with van der Waals surface area (Å²) in [6, 6.07) is 2.23. The molecule has 23 heavy (non-hydrogen) atoms. The summed E-state index contributed by atoms with van der Waals surface area (Å²) in [5, 5.41) is 11.7. The number of aryl methyl sites for hydroxylation is 1. The summed E-state index contributed by atoms with van der Waals surface area (Å²) in [5.41, 5.74) is 2.28. The third-order valence-corrected chi connectivity index (χ3v) is 4.57. The first kappa shape index (κ1) is 15.9. The van der Waals surface area contributed by atoms with Crippen LogP contribution in [-0.2, 0) is 0 Å². The lowest BCUT2D eigenvalue weighted by Crippen LogP contribution is -2.50. The fourth-order valence-electron chi connectivity index (χ4n) is 3.14. The van der Waals surface area contributed by atoms with Gasteiger partial charge in [0.2, 0.25) is 0 Å². The number of aromatic nitrogens is 3. The summed E-state index contributed by atoms with van der Waals surface area (Å²) >= 11 is 0. The zero-order chi connectivity index (χ0) is 16.6. The van der Waals surface area contributed by atoms with Crippen LogP contribution in [0.4, 0.5) is 0 Å². The van der Waals surface area contributed by atoms with E-state index in [1.807, 2.05) is 17.7 Å². The maximum absolute atomic E-state index is 12.8. The molecule has 2 unspecified atom stereocenters. The first-order chi connectivity index (χ1) is 11.0. The molecule has 0 aromatic carbocycles. The van der Waals surface area contributed by atoms with Crippen LogP contribution in [0.25, 0.3) is 11.0 Å². The predicted octanol–water partition coefficient (Wildman–Crippen LogP) is 2.05. The van der Waals surface area contributed by atoms with E-state index in [4.69, 9.17) is 0 Å². The van der Waals surface area contributed by atoms with E-state index in [1.54, 1.807) is 6.20 Å². The zero-order valence-electron chi connectivity index (χ0n) is 14.3. The standard InChI is InChI=1S/C17H25N5O/c1-10(2)22-16-14(8-19-22)13(7-12(4)20-16)17(23)21-15-9-18-6-5-11(15)3/h7-8,10-11,15,18H,5-6,9H2,1-4H3,(H,21,23). The molecule has 2 aromatic rings. The van der Waals surface area contributed by atoms with Gasteiger partial charge >= 0.3 is 0 Å². The van der Waals surface area contributed by atoms with Gasteiger partial charge in [-0.3, -0.25) is 4.79 Å². The number of nitrogens with one attached hydrogen (secondary N) is 2. The number of pyridine rings is 1. The van der Waals surface area contributed by atoms with Gasteiger partial charge in [-0.05, 0) is 45.7 Å². The Balaban J connectivity index is 1.94. The number of hydrogen-bond donors (Lipinski definition) is 2. The number of carbonyl (C=O) groups is 1. The van der Waals surface area contributed by atoms with Crippen LogP contribution in [0.3, 0.4) is 0 Å². The lowest BCUT2D eigenvalue weighted by atomic mass is 9.94. The molecule has 3 heterocycles. The Morgan fingerprint density at radius 3 is 2.96 bits per heavy atom. The van der Waals surface area contributed by atoms with Crippen molar-refractivity contribution in [2.45, 2.75) is 46.2 Å². The summed E-state index contributed by atoms with van der Waals surface area (Å²) in [4.78, 5) is 17.4. The van der Waals surface area contributed by atoms with E-state index in [-0.39, 0.29) is 18.0 Å². The molecule has 2 N–H and O–H groups in total. The van der Waals surface area contributed by atoms with E-state index in [1.165, 1.54) is 0 Å². The van der Waals surface area contributed by atoms with E-state index in [9.17, 15) is 4.79 Å². The third-order valence-electron chi connectivity index (χ3n) is 4.57. The Morgan fingerprint density at radius 1 is 1.48 bits per heavy atom. The second-order valence-electron chi connectivity index (χ2n) is 6.78. The van der Waals surface area contributed by atoms with Gasteiger partial charge in [0.25, 0.3) is 5.91 Å². The molecule has 124 valence electrons. The number of nitrogens with zero attached hydrogens (tertiary/aromatic N) is 3. The Bertz CT molecular complexity index is 721. The molecule has 1 aliphatic heterocycles. The van der Waals surface area contributed by atoms with Gasteiger partial charge in [-0.2, -0.15) is 5.10 Å². The summed E-state index contributed by atoms with van der Waals surface area (Å²) in [5.74, 6) is 0.446. The van der Waals surface area contributed by atoms with Gasteiger partial charge < -0.3 is 10.6 Å². The summed E-state index contributed by atoms with van der Waals surface area (Å²) in [7, 11) is 0. The highest BCUT2D eigenvalue weighted by Gasteiger charge is 2.24. The van der Waals surface area contributed by atoms with Crippen LogP contribution in [0.15, 0.2) is 12.3 Å². The summed E-state index contributed by atoms with van der Waals surface area (Å²) in [6.07, 6.45) is 2.83. The van der Waals surface area contributed by atoms with E-state index in [0.29, 0.717) is 11.5 Å². The lowest BCUT2D eigenvalue weighted by molar-refractivity contribution is 0.0917. The van der Waals surface area contributed by atoms with Crippen LogP contribution in [0.2, 0.25) is 0 Å². The topological polar surface area (TPSA) is 71.8 Å². The van der Waals surface area contributed by atoms with Crippen LogP contribution in [0.1, 0.15) is 49.3 Å². The summed E-state index contributed by atoms with van der Waals surface area (Å²) < 4.78 is 1.86. The van der Waals surface area contributed by atoms with Crippen molar-refractivity contribution in [2.75, 3.05) is 13.1 Å². The maximum atomic E-state index is 12.8. The van der Waals surface area contributed by atoms with Gasteiger partial charge in [0.15, 0.2) is 5.65 Å². The van der Waals surface area contributed by atoms with Crippen molar-refractivity contribution in [1.82, 2.24) is 25.4 Å². The van der Waals surface area contributed by atoms with Crippen LogP contribution < -0.4 is 10.6 Å². The molecule has 2 atom stereocenters. The zero-order valence-corrected chi connectivity index (χ0v) is 14.3. The SMILES string of the molecule is Cc1cc(C(=O)NC2CNCCC2C)c2cnn(C(C)C)c2n1. The maximum Gasteiger partial charge on any atom is 0.252 e. The van der Waals surface area contributed by atoms with Crippen molar-refractivity contribution in [1.29, 1.82) is 0 Å². The molecule has 3 rings (SSSR count). The monoisotopic (exact) mass is 315 g/mol. The molecule has 6 heteroatoms. The minimum absolute atomic E-state index is 0.0376. The van der Waals surface area contributed by atoms with Crippen molar-refractivity contribution in [2.24, 2.45) is 5.92 Å². The predicted molar refractivity (Wildman–Crippen MR) is 90.6 cm³/mol. The summed E-state index contributed by atoms with van der Waals surface area (Å²) in [6.45, 7) is 10.1. The smallest absolute Gasteiger partial charge is 0.252 e. The van der Waals surface area contributed by atoms with E-state index < -0.39 is 0 Å². The normalized spacial score (nSPS) is 21.8. The van der Waals surface area contributed by atoms with Gasteiger partial charge in [0.1, 0.15) is 0 Å². The van der Waals surface area contributed by atoms with E-state index in [0.717, 1.165) is 36.2 Å². The van der Waals surface area contributed by atoms with Crippen molar-refractivity contribution >= 4 is 16.9 Å². The molecule has 1 fully saturated rings. The van der Waals surface area contributed by atoms with Crippen molar-refractivity contribution in [3.8, 4) is 0 Å². The van der Waals surface area contributed by atoms with Crippen LogP contribution in [0, 0.1) is 12.8 Å². The van der Waals surface area contributed by atoms with Gasteiger partial charge in [-0.15, -0.1) is 0 Å². The number of fused-ring (bicyclic) bond motifs is 1. The number of hydrogen-bond acceptors (Lipinski definition) is 4. The average molecular weight is 315 g/mol. The number of amides is 1. The molecule has 1 aliphatic rings. The molecule has 6 nitrogen and oxygen atoms in total. The molecule has 1 saturated heterocycles. The second-order valence-corrected chi connectivity index (χ2v) is 6.78. The number of rotatable bonds is 3. The van der Waals surface area contributed by atoms with Crippen molar-refractivity contribution < 1.29 is 4.79 Å². The van der Waals surface area contributed by atoms with E-state index >= 15 is 0 Å². The first-order valence-electron chi connectivity index (χ1n) is 8.34. The average Bonchev–Trinajstić information content (AvgIpc) is 2.92. The van der Waals surface area contributed by atoms with E-state index in [2.05, 4.69) is 41.5 Å².